The van der Waals surface area contributed by atoms with E-state index in [0.29, 0.717) is 23.2 Å². The predicted molar refractivity (Wildman–Crippen MR) is 123 cm³/mol. The zero-order valence-corrected chi connectivity index (χ0v) is 18.5. The van der Waals surface area contributed by atoms with Crippen LogP contribution < -0.4 is 14.4 Å². The average Bonchev–Trinajstić information content (AvgIpc) is 3.24. The SMILES string of the molecule is COc1ccc(C)c2sc(N(Cc3ccccn3)C(=O)COc3ccccc3C)nc12. The number of aryl methyl sites for hydroxylation is 2. The monoisotopic (exact) mass is 433 g/mol. The molecule has 0 aliphatic carbocycles. The highest BCUT2D eigenvalue weighted by molar-refractivity contribution is 7.22. The van der Waals surface area contributed by atoms with E-state index in [-0.39, 0.29) is 12.5 Å². The number of nitrogens with zero attached hydrogens (tertiary/aromatic N) is 3. The van der Waals surface area contributed by atoms with E-state index < -0.39 is 0 Å². The van der Waals surface area contributed by atoms with Crippen molar-refractivity contribution in [3.63, 3.8) is 0 Å². The fourth-order valence-corrected chi connectivity index (χ4v) is 4.30. The van der Waals surface area contributed by atoms with Gasteiger partial charge in [0.25, 0.3) is 5.91 Å². The minimum absolute atomic E-state index is 0.0935. The molecule has 0 atom stereocenters. The fraction of sp³-hybridized carbons (Fsp3) is 0.208. The molecular weight excluding hydrogens is 410 g/mol. The van der Waals surface area contributed by atoms with Crippen LogP contribution in [0.2, 0.25) is 0 Å². The Morgan fingerprint density at radius 3 is 2.55 bits per heavy atom. The van der Waals surface area contributed by atoms with Crippen LogP contribution in [0, 0.1) is 13.8 Å². The van der Waals surface area contributed by atoms with E-state index in [1.807, 2.05) is 68.4 Å². The maximum Gasteiger partial charge on any atom is 0.267 e. The molecule has 0 saturated carbocycles. The van der Waals surface area contributed by atoms with E-state index in [1.54, 1.807) is 18.2 Å². The molecular formula is C24H23N3O3S. The number of benzene rings is 2. The van der Waals surface area contributed by atoms with E-state index in [9.17, 15) is 4.79 Å². The normalized spacial score (nSPS) is 10.8. The first kappa shape index (κ1) is 20.8. The molecule has 2 aromatic carbocycles. The second-order valence-corrected chi connectivity index (χ2v) is 8.09. The Kier molecular flexibility index (Phi) is 6.13. The van der Waals surface area contributed by atoms with Gasteiger partial charge in [-0.05, 0) is 49.2 Å². The van der Waals surface area contributed by atoms with Gasteiger partial charge in [0.2, 0.25) is 0 Å². The van der Waals surface area contributed by atoms with Crippen molar-refractivity contribution in [3.8, 4) is 11.5 Å². The third-order valence-electron chi connectivity index (χ3n) is 4.94. The first-order valence-electron chi connectivity index (χ1n) is 9.89. The van der Waals surface area contributed by atoms with Crippen LogP contribution in [0.3, 0.4) is 0 Å². The number of anilines is 1. The van der Waals surface area contributed by atoms with Gasteiger partial charge in [-0.2, -0.15) is 0 Å². The van der Waals surface area contributed by atoms with Crippen molar-refractivity contribution in [1.29, 1.82) is 0 Å². The smallest absolute Gasteiger partial charge is 0.267 e. The minimum Gasteiger partial charge on any atom is -0.494 e. The number of fused-ring (bicyclic) bond motifs is 1. The Balaban J connectivity index is 1.67. The van der Waals surface area contributed by atoms with Crippen molar-refractivity contribution in [1.82, 2.24) is 9.97 Å². The van der Waals surface area contributed by atoms with E-state index in [2.05, 4.69) is 4.98 Å². The van der Waals surface area contributed by atoms with Crippen molar-refractivity contribution in [3.05, 3.63) is 77.6 Å². The van der Waals surface area contributed by atoms with Gasteiger partial charge in [0, 0.05) is 6.20 Å². The molecule has 0 unspecified atom stereocenters. The average molecular weight is 434 g/mol. The molecule has 4 aromatic rings. The summed E-state index contributed by atoms with van der Waals surface area (Å²) < 4.78 is 12.3. The highest BCUT2D eigenvalue weighted by Gasteiger charge is 2.23. The standard InChI is InChI=1S/C24H23N3O3S/c1-16-8-4-5-10-19(16)30-15-21(28)27(14-18-9-6-7-13-25-18)24-26-22-20(29-3)12-11-17(2)23(22)31-24/h4-13H,14-15H2,1-3H3. The predicted octanol–water partition coefficient (Wildman–Crippen LogP) is 4.93. The number of carbonyl (C=O) groups excluding carboxylic acids is 1. The van der Waals surface area contributed by atoms with Gasteiger partial charge in [0.15, 0.2) is 11.7 Å². The van der Waals surface area contributed by atoms with Crippen LogP contribution in [0.4, 0.5) is 5.13 Å². The lowest BCUT2D eigenvalue weighted by molar-refractivity contribution is -0.120. The number of amides is 1. The molecule has 31 heavy (non-hydrogen) atoms. The molecule has 0 spiro atoms. The Morgan fingerprint density at radius 2 is 1.81 bits per heavy atom. The summed E-state index contributed by atoms with van der Waals surface area (Å²) in [6.45, 7) is 4.19. The molecule has 2 aromatic heterocycles. The second-order valence-electron chi connectivity index (χ2n) is 7.11. The highest BCUT2D eigenvalue weighted by atomic mass is 32.1. The molecule has 2 heterocycles. The van der Waals surface area contributed by atoms with Gasteiger partial charge in [-0.3, -0.25) is 14.7 Å². The first-order chi connectivity index (χ1) is 15.1. The topological polar surface area (TPSA) is 64.5 Å². The van der Waals surface area contributed by atoms with Crippen molar-refractivity contribution in [2.24, 2.45) is 0 Å². The summed E-state index contributed by atoms with van der Waals surface area (Å²) in [6.07, 6.45) is 1.72. The lowest BCUT2D eigenvalue weighted by Gasteiger charge is -2.20. The number of carbonyl (C=O) groups is 1. The summed E-state index contributed by atoms with van der Waals surface area (Å²) in [4.78, 5) is 24.0. The lowest BCUT2D eigenvalue weighted by Crippen LogP contribution is -2.34. The Bertz CT molecular complexity index is 1210. The summed E-state index contributed by atoms with van der Waals surface area (Å²) in [5, 5.41) is 0.589. The van der Waals surface area contributed by atoms with Crippen molar-refractivity contribution >= 4 is 32.6 Å². The Morgan fingerprint density at radius 1 is 1.00 bits per heavy atom. The molecule has 0 fully saturated rings. The molecule has 0 aliphatic rings. The fourth-order valence-electron chi connectivity index (χ4n) is 3.23. The van der Waals surface area contributed by atoms with Crippen molar-refractivity contribution in [2.75, 3.05) is 18.6 Å². The summed E-state index contributed by atoms with van der Waals surface area (Å²) in [7, 11) is 1.62. The Labute approximate surface area is 185 Å². The maximum atomic E-state index is 13.3. The van der Waals surface area contributed by atoms with Gasteiger partial charge in [0.05, 0.1) is 24.0 Å². The van der Waals surface area contributed by atoms with Crippen LogP contribution in [-0.2, 0) is 11.3 Å². The highest BCUT2D eigenvalue weighted by Crippen LogP contribution is 2.37. The van der Waals surface area contributed by atoms with Crippen molar-refractivity contribution < 1.29 is 14.3 Å². The zero-order valence-electron chi connectivity index (χ0n) is 17.7. The number of hydrogen-bond donors (Lipinski definition) is 0. The molecule has 0 N–H and O–H groups in total. The maximum absolute atomic E-state index is 13.3. The van der Waals surface area contributed by atoms with E-state index in [0.717, 1.165) is 27.0 Å². The summed E-state index contributed by atoms with van der Waals surface area (Å²) in [6, 6.07) is 17.2. The van der Waals surface area contributed by atoms with Crippen LogP contribution >= 0.6 is 11.3 Å². The van der Waals surface area contributed by atoms with Crippen molar-refractivity contribution in [2.45, 2.75) is 20.4 Å². The molecule has 6 nitrogen and oxygen atoms in total. The number of hydrogen-bond acceptors (Lipinski definition) is 6. The van der Waals surface area contributed by atoms with E-state index in [4.69, 9.17) is 14.5 Å². The second kappa shape index (κ2) is 9.14. The molecule has 0 radical (unpaired) electrons. The summed E-state index contributed by atoms with van der Waals surface area (Å²) in [5.41, 5.74) is 3.59. The van der Waals surface area contributed by atoms with Gasteiger partial charge >= 0.3 is 0 Å². The molecule has 1 amide bonds. The van der Waals surface area contributed by atoms with Crippen LogP contribution in [0.25, 0.3) is 10.2 Å². The number of thiazole rings is 1. The number of pyridine rings is 1. The van der Waals surface area contributed by atoms with Crippen LogP contribution in [-0.4, -0.2) is 29.6 Å². The molecule has 0 bridgehead atoms. The number of rotatable bonds is 7. The zero-order chi connectivity index (χ0) is 21.8. The van der Waals surface area contributed by atoms with Gasteiger partial charge in [-0.15, -0.1) is 0 Å². The summed E-state index contributed by atoms with van der Waals surface area (Å²) in [5.74, 6) is 1.18. The van der Waals surface area contributed by atoms with Gasteiger partial charge in [-0.1, -0.05) is 41.7 Å². The van der Waals surface area contributed by atoms with E-state index in [1.165, 1.54) is 11.3 Å². The minimum atomic E-state index is -0.190. The van der Waals surface area contributed by atoms with E-state index >= 15 is 0 Å². The number of methoxy groups -OCH3 is 1. The van der Waals surface area contributed by atoms with Gasteiger partial charge < -0.3 is 9.47 Å². The van der Waals surface area contributed by atoms with Crippen LogP contribution in [0.15, 0.2) is 60.8 Å². The summed E-state index contributed by atoms with van der Waals surface area (Å²) >= 11 is 1.46. The number of ether oxygens (including phenoxy) is 2. The quantitative estimate of drug-likeness (QED) is 0.414. The third kappa shape index (κ3) is 4.51. The first-order valence-corrected chi connectivity index (χ1v) is 10.7. The van der Waals surface area contributed by atoms with Gasteiger partial charge in [-0.25, -0.2) is 4.98 Å². The number of aromatic nitrogens is 2. The molecule has 0 saturated heterocycles. The van der Waals surface area contributed by atoms with Crippen LogP contribution in [0.1, 0.15) is 16.8 Å². The molecule has 0 aliphatic heterocycles. The van der Waals surface area contributed by atoms with Crippen LogP contribution in [0.5, 0.6) is 11.5 Å². The lowest BCUT2D eigenvalue weighted by atomic mass is 10.2. The molecule has 4 rings (SSSR count). The number of para-hydroxylation sites is 1. The largest absolute Gasteiger partial charge is 0.494 e. The third-order valence-corrected chi connectivity index (χ3v) is 6.15. The Hall–Kier alpha value is -3.45. The van der Waals surface area contributed by atoms with Gasteiger partial charge in [0.1, 0.15) is 17.0 Å². The molecule has 7 heteroatoms. The molecule has 158 valence electrons.